The van der Waals surface area contributed by atoms with Crippen molar-refractivity contribution in [1.29, 1.82) is 0 Å². The van der Waals surface area contributed by atoms with Gasteiger partial charge in [-0.1, -0.05) is 23.7 Å². The number of halogens is 1. The number of piperazine rings is 1. The number of furan rings is 1. The first-order valence-electron chi connectivity index (χ1n) is 7.27. The van der Waals surface area contributed by atoms with Crippen molar-refractivity contribution in [3.8, 4) is 0 Å². The highest BCUT2D eigenvalue weighted by molar-refractivity contribution is 7.80. The van der Waals surface area contributed by atoms with Gasteiger partial charge in [0.05, 0.1) is 23.5 Å². The molecule has 2 aromatic rings. The summed E-state index contributed by atoms with van der Waals surface area (Å²) in [4.78, 5) is 4.55. The summed E-state index contributed by atoms with van der Waals surface area (Å²) in [5.41, 5.74) is 0.854. The first-order chi connectivity index (χ1) is 10.7. The van der Waals surface area contributed by atoms with Crippen LogP contribution in [0.15, 0.2) is 47.1 Å². The summed E-state index contributed by atoms with van der Waals surface area (Å²) in [6.07, 6.45) is 1.72. The number of hydrogen-bond acceptors (Lipinski definition) is 3. The Morgan fingerprint density at radius 1 is 1.14 bits per heavy atom. The molecule has 0 bridgehead atoms. The van der Waals surface area contributed by atoms with Gasteiger partial charge in [-0.25, -0.2) is 0 Å². The molecule has 4 nitrogen and oxygen atoms in total. The molecule has 1 saturated heterocycles. The molecular weight excluding hydrogens is 318 g/mol. The lowest BCUT2D eigenvalue weighted by Gasteiger charge is -2.35. The third-order valence-corrected chi connectivity index (χ3v) is 4.42. The van der Waals surface area contributed by atoms with E-state index in [1.54, 1.807) is 6.26 Å². The largest absolute Gasteiger partial charge is 0.468 e. The molecular formula is C16H18ClN3OS. The SMILES string of the molecule is S=C(Nc1ccccc1Cl)N1CCN(Cc2ccco2)CC1. The van der Waals surface area contributed by atoms with E-state index in [2.05, 4.69) is 15.1 Å². The Bertz CT molecular complexity index is 624. The fraction of sp³-hybridized carbons (Fsp3) is 0.312. The normalized spacial score (nSPS) is 15.8. The maximum Gasteiger partial charge on any atom is 0.173 e. The number of benzene rings is 1. The van der Waals surface area contributed by atoms with Gasteiger partial charge >= 0.3 is 0 Å². The highest BCUT2D eigenvalue weighted by Crippen LogP contribution is 2.21. The Kier molecular flexibility index (Phi) is 4.97. The summed E-state index contributed by atoms with van der Waals surface area (Å²) in [6, 6.07) is 11.6. The summed E-state index contributed by atoms with van der Waals surface area (Å²) in [7, 11) is 0. The summed E-state index contributed by atoms with van der Waals surface area (Å²) < 4.78 is 5.39. The van der Waals surface area contributed by atoms with Gasteiger partial charge in [0, 0.05) is 26.2 Å². The van der Waals surface area contributed by atoms with Crippen LogP contribution in [-0.4, -0.2) is 41.1 Å². The number of para-hydroxylation sites is 1. The van der Waals surface area contributed by atoms with Crippen LogP contribution < -0.4 is 5.32 Å². The van der Waals surface area contributed by atoms with E-state index in [1.165, 1.54) is 0 Å². The van der Waals surface area contributed by atoms with Gasteiger partial charge in [0.1, 0.15) is 5.76 Å². The number of thiocarbonyl (C=S) groups is 1. The molecule has 6 heteroatoms. The number of nitrogens with one attached hydrogen (secondary N) is 1. The van der Waals surface area contributed by atoms with Crippen molar-refractivity contribution in [2.75, 3.05) is 31.5 Å². The molecule has 1 N–H and O–H groups in total. The summed E-state index contributed by atoms with van der Waals surface area (Å²) in [5.74, 6) is 1.00. The zero-order valence-electron chi connectivity index (χ0n) is 12.2. The second-order valence-corrected chi connectivity index (χ2v) is 6.05. The molecule has 22 heavy (non-hydrogen) atoms. The predicted molar refractivity (Wildman–Crippen MR) is 93.2 cm³/mol. The van der Waals surface area contributed by atoms with E-state index in [4.69, 9.17) is 28.2 Å². The van der Waals surface area contributed by atoms with Gasteiger partial charge in [0.15, 0.2) is 5.11 Å². The lowest BCUT2D eigenvalue weighted by atomic mass is 10.3. The Morgan fingerprint density at radius 2 is 1.91 bits per heavy atom. The molecule has 0 saturated carbocycles. The molecule has 0 aliphatic carbocycles. The number of anilines is 1. The quantitative estimate of drug-likeness (QED) is 0.868. The van der Waals surface area contributed by atoms with E-state index in [1.807, 2.05) is 36.4 Å². The van der Waals surface area contributed by atoms with Crippen LogP contribution in [0, 0.1) is 0 Å². The van der Waals surface area contributed by atoms with Crippen molar-refractivity contribution in [3.63, 3.8) is 0 Å². The molecule has 1 aliphatic heterocycles. The highest BCUT2D eigenvalue weighted by Gasteiger charge is 2.19. The van der Waals surface area contributed by atoms with Crippen LogP contribution in [0.5, 0.6) is 0 Å². The molecule has 1 aromatic carbocycles. The zero-order chi connectivity index (χ0) is 15.4. The lowest BCUT2D eigenvalue weighted by Crippen LogP contribution is -2.49. The second-order valence-electron chi connectivity index (χ2n) is 5.25. The van der Waals surface area contributed by atoms with Crippen LogP contribution in [0.3, 0.4) is 0 Å². The summed E-state index contributed by atoms with van der Waals surface area (Å²) in [5, 5.41) is 4.64. The van der Waals surface area contributed by atoms with E-state index in [0.717, 1.165) is 49.3 Å². The predicted octanol–water partition coefficient (Wildman–Crippen LogP) is 3.45. The van der Waals surface area contributed by atoms with Crippen molar-refractivity contribution in [2.24, 2.45) is 0 Å². The molecule has 0 radical (unpaired) electrons. The van der Waals surface area contributed by atoms with E-state index >= 15 is 0 Å². The zero-order valence-corrected chi connectivity index (χ0v) is 13.7. The first-order valence-corrected chi connectivity index (χ1v) is 8.06. The fourth-order valence-corrected chi connectivity index (χ4v) is 2.96. The van der Waals surface area contributed by atoms with Gasteiger partial charge in [-0.15, -0.1) is 0 Å². The summed E-state index contributed by atoms with van der Waals surface area (Å²) >= 11 is 11.6. The van der Waals surface area contributed by atoms with E-state index in [-0.39, 0.29) is 0 Å². The van der Waals surface area contributed by atoms with Crippen LogP contribution in [0.4, 0.5) is 5.69 Å². The van der Waals surface area contributed by atoms with Crippen LogP contribution in [-0.2, 0) is 6.54 Å². The third kappa shape index (κ3) is 3.80. The molecule has 2 heterocycles. The first kappa shape index (κ1) is 15.3. The van der Waals surface area contributed by atoms with Crippen molar-refractivity contribution in [2.45, 2.75) is 6.54 Å². The Balaban J connectivity index is 1.50. The van der Waals surface area contributed by atoms with Gasteiger partial charge in [0.2, 0.25) is 0 Å². The topological polar surface area (TPSA) is 31.6 Å². The van der Waals surface area contributed by atoms with Gasteiger partial charge < -0.3 is 14.6 Å². The minimum absolute atomic E-state index is 0.682. The number of nitrogens with zero attached hydrogens (tertiary/aromatic N) is 2. The molecule has 0 amide bonds. The fourth-order valence-electron chi connectivity index (χ4n) is 2.49. The molecule has 0 unspecified atom stereocenters. The van der Waals surface area contributed by atoms with Crippen molar-refractivity contribution >= 4 is 34.6 Å². The van der Waals surface area contributed by atoms with Crippen LogP contribution in [0.25, 0.3) is 0 Å². The van der Waals surface area contributed by atoms with Crippen LogP contribution >= 0.6 is 23.8 Å². The van der Waals surface area contributed by atoms with E-state index in [0.29, 0.717) is 5.02 Å². The van der Waals surface area contributed by atoms with Crippen LogP contribution in [0.2, 0.25) is 5.02 Å². The van der Waals surface area contributed by atoms with E-state index < -0.39 is 0 Å². The van der Waals surface area contributed by atoms with Gasteiger partial charge in [-0.05, 0) is 36.5 Å². The second kappa shape index (κ2) is 7.13. The number of hydrogen-bond donors (Lipinski definition) is 1. The molecule has 3 rings (SSSR count). The minimum atomic E-state index is 0.682. The van der Waals surface area contributed by atoms with Gasteiger partial charge in [-0.3, -0.25) is 4.90 Å². The van der Waals surface area contributed by atoms with Gasteiger partial charge in [0.25, 0.3) is 0 Å². The average Bonchev–Trinajstić information content (AvgIpc) is 3.03. The lowest BCUT2D eigenvalue weighted by molar-refractivity contribution is 0.166. The number of rotatable bonds is 3. The maximum absolute atomic E-state index is 6.15. The molecule has 0 atom stereocenters. The molecule has 1 fully saturated rings. The molecule has 1 aromatic heterocycles. The monoisotopic (exact) mass is 335 g/mol. The van der Waals surface area contributed by atoms with E-state index in [9.17, 15) is 0 Å². The maximum atomic E-state index is 6.15. The average molecular weight is 336 g/mol. The Hall–Kier alpha value is -1.56. The molecule has 0 spiro atoms. The smallest absolute Gasteiger partial charge is 0.173 e. The highest BCUT2D eigenvalue weighted by atomic mass is 35.5. The Labute approximate surface area is 140 Å². The standard InChI is InChI=1S/C16H18ClN3OS/c17-14-5-1-2-6-15(14)18-16(22)20-9-7-19(8-10-20)12-13-4-3-11-21-13/h1-6,11H,7-10,12H2,(H,18,22). The van der Waals surface area contributed by atoms with Crippen LogP contribution in [0.1, 0.15) is 5.76 Å². The van der Waals surface area contributed by atoms with Gasteiger partial charge in [-0.2, -0.15) is 0 Å². The minimum Gasteiger partial charge on any atom is -0.468 e. The molecule has 116 valence electrons. The summed E-state index contributed by atoms with van der Waals surface area (Å²) in [6.45, 7) is 4.58. The van der Waals surface area contributed by atoms with Crippen molar-refractivity contribution < 1.29 is 4.42 Å². The van der Waals surface area contributed by atoms with Crippen molar-refractivity contribution in [3.05, 3.63) is 53.4 Å². The Morgan fingerprint density at radius 3 is 2.59 bits per heavy atom. The van der Waals surface area contributed by atoms with Crippen molar-refractivity contribution in [1.82, 2.24) is 9.80 Å². The molecule has 1 aliphatic rings. The third-order valence-electron chi connectivity index (χ3n) is 3.73.